The van der Waals surface area contributed by atoms with Gasteiger partial charge in [-0.15, -0.1) is 11.8 Å². The highest BCUT2D eigenvalue weighted by molar-refractivity contribution is 7.99. The first-order chi connectivity index (χ1) is 11.5. The third kappa shape index (κ3) is 6.67. The van der Waals surface area contributed by atoms with Crippen LogP contribution in [0.1, 0.15) is 30.5 Å². The number of rotatable bonds is 8. The first-order valence-electron chi connectivity index (χ1n) is 8.18. The molecule has 0 unspecified atom stereocenters. The van der Waals surface area contributed by atoms with E-state index in [0.717, 1.165) is 17.1 Å². The molecule has 0 atom stereocenters. The fraction of sp³-hybridized carbons (Fsp3) is 0.350. The van der Waals surface area contributed by atoms with E-state index in [4.69, 9.17) is 4.74 Å². The number of aryl methyl sites for hydroxylation is 1. The Balaban J connectivity index is 1.72. The summed E-state index contributed by atoms with van der Waals surface area (Å²) in [5, 5.41) is 2.96. The van der Waals surface area contributed by atoms with Gasteiger partial charge in [0.05, 0.1) is 11.9 Å². The second-order valence-electron chi connectivity index (χ2n) is 6.07. The molecule has 2 aromatic rings. The average molecular weight is 343 g/mol. The fourth-order valence-corrected chi connectivity index (χ4v) is 3.02. The zero-order valence-electron chi connectivity index (χ0n) is 14.5. The minimum atomic E-state index is 0.0577. The molecule has 0 saturated heterocycles. The van der Waals surface area contributed by atoms with Crippen LogP contribution in [0.3, 0.4) is 0 Å². The van der Waals surface area contributed by atoms with Gasteiger partial charge in [-0.3, -0.25) is 4.79 Å². The summed E-state index contributed by atoms with van der Waals surface area (Å²) in [5.41, 5.74) is 3.55. The van der Waals surface area contributed by atoms with Crippen LogP contribution in [-0.2, 0) is 17.1 Å². The van der Waals surface area contributed by atoms with Gasteiger partial charge in [-0.05, 0) is 44.0 Å². The van der Waals surface area contributed by atoms with Crippen molar-refractivity contribution in [2.45, 2.75) is 39.2 Å². The van der Waals surface area contributed by atoms with Crippen LogP contribution in [0.4, 0.5) is 0 Å². The number of carbonyl (C=O) groups is 1. The fourth-order valence-electron chi connectivity index (χ4n) is 2.20. The zero-order valence-corrected chi connectivity index (χ0v) is 15.4. The molecule has 0 bridgehead atoms. The van der Waals surface area contributed by atoms with E-state index in [1.165, 1.54) is 11.1 Å². The van der Waals surface area contributed by atoms with Gasteiger partial charge in [0.1, 0.15) is 5.75 Å². The molecule has 1 amide bonds. The molecule has 3 nitrogen and oxygen atoms in total. The number of carbonyl (C=O) groups excluding carboxylic acids is 1. The van der Waals surface area contributed by atoms with Crippen LogP contribution in [0, 0.1) is 6.92 Å². The smallest absolute Gasteiger partial charge is 0.230 e. The molecule has 1 N–H and O–H groups in total. The summed E-state index contributed by atoms with van der Waals surface area (Å²) in [6.45, 7) is 6.60. The Kier molecular flexibility index (Phi) is 7.19. The van der Waals surface area contributed by atoms with Gasteiger partial charge in [-0.1, -0.05) is 42.0 Å². The molecule has 24 heavy (non-hydrogen) atoms. The van der Waals surface area contributed by atoms with E-state index >= 15 is 0 Å². The number of ether oxygens (including phenoxy) is 1. The molecule has 0 fully saturated rings. The number of benzene rings is 2. The summed E-state index contributed by atoms with van der Waals surface area (Å²) in [4.78, 5) is 12.0. The molecule has 0 aromatic heterocycles. The first kappa shape index (κ1) is 18.4. The van der Waals surface area contributed by atoms with E-state index < -0.39 is 0 Å². The Morgan fingerprint density at radius 1 is 1.12 bits per heavy atom. The van der Waals surface area contributed by atoms with Crippen molar-refractivity contribution in [1.82, 2.24) is 5.32 Å². The Morgan fingerprint density at radius 2 is 1.88 bits per heavy atom. The van der Waals surface area contributed by atoms with E-state index in [1.54, 1.807) is 11.8 Å². The van der Waals surface area contributed by atoms with E-state index in [1.807, 2.05) is 38.1 Å². The highest BCUT2D eigenvalue weighted by Gasteiger charge is 2.04. The standard InChI is InChI=1S/C20H25NO2S/c1-15(2)23-19-6-4-5-18(11-19)12-21-20(22)14-24-13-17-9-7-16(3)8-10-17/h4-11,15H,12-14H2,1-3H3,(H,21,22). The number of thioether (sulfide) groups is 1. The molecule has 4 heteroatoms. The van der Waals surface area contributed by atoms with Crippen molar-refractivity contribution in [2.24, 2.45) is 0 Å². The average Bonchev–Trinajstić information content (AvgIpc) is 2.54. The predicted octanol–water partition coefficient (Wildman–Crippen LogP) is 4.33. The number of amides is 1. The van der Waals surface area contributed by atoms with Crippen molar-refractivity contribution >= 4 is 17.7 Å². The van der Waals surface area contributed by atoms with E-state index in [2.05, 4.69) is 36.5 Å². The third-order valence-electron chi connectivity index (χ3n) is 3.38. The lowest BCUT2D eigenvalue weighted by molar-refractivity contribution is -0.118. The van der Waals surface area contributed by atoms with Crippen molar-refractivity contribution in [1.29, 1.82) is 0 Å². The van der Waals surface area contributed by atoms with Crippen molar-refractivity contribution in [3.8, 4) is 5.75 Å². The molecule has 0 heterocycles. The predicted molar refractivity (Wildman–Crippen MR) is 101 cm³/mol. The van der Waals surface area contributed by atoms with Crippen LogP contribution in [0.15, 0.2) is 48.5 Å². The monoisotopic (exact) mass is 343 g/mol. The van der Waals surface area contributed by atoms with E-state index in [9.17, 15) is 4.79 Å². The van der Waals surface area contributed by atoms with Gasteiger partial charge in [0, 0.05) is 12.3 Å². The van der Waals surface area contributed by atoms with E-state index in [-0.39, 0.29) is 12.0 Å². The second kappa shape index (κ2) is 9.38. The minimum Gasteiger partial charge on any atom is -0.491 e. The topological polar surface area (TPSA) is 38.3 Å². The van der Waals surface area contributed by atoms with Crippen LogP contribution in [0.25, 0.3) is 0 Å². The Morgan fingerprint density at radius 3 is 2.58 bits per heavy atom. The lowest BCUT2D eigenvalue weighted by Crippen LogP contribution is -2.24. The molecule has 0 radical (unpaired) electrons. The highest BCUT2D eigenvalue weighted by atomic mass is 32.2. The SMILES string of the molecule is Cc1ccc(CSCC(=O)NCc2cccc(OC(C)C)c2)cc1. The van der Waals surface area contributed by atoms with Crippen LogP contribution < -0.4 is 10.1 Å². The van der Waals surface area contributed by atoms with Gasteiger partial charge in [-0.25, -0.2) is 0 Å². The molecular weight excluding hydrogens is 318 g/mol. The molecule has 0 saturated carbocycles. The third-order valence-corrected chi connectivity index (χ3v) is 4.39. The second-order valence-corrected chi connectivity index (χ2v) is 7.05. The van der Waals surface area contributed by atoms with Gasteiger partial charge in [0.25, 0.3) is 0 Å². The molecule has 0 aliphatic rings. The molecule has 2 aromatic carbocycles. The maximum atomic E-state index is 12.0. The van der Waals surface area contributed by atoms with E-state index in [0.29, 0.717) is 12.3 Å². The highest BCUT2D eigenvalue weighted by Crippen LogP contribution is 2.15. The normalized spacial score (nSPS) is 10.7. The number of hydrogen-bond acceptors (Lipinski definition) is 3. The van der Waals surface area contributed by atoms with Gasteiger partial charge >= 0.3 is 0 Å². The molecule has 0 aliphatic heterocycles. The number of nitrogens with one attached hydrogen (secondary N) is 1. The summed E-state index contributed by atoms with van der Waals surface area (Å²) in [7, 11) is 0. The van der Waals surface area contributed by atoms with Crippen molar-refractivity contribution in [3.05, 3.63) is 65.2 Å². The molecule has 0 aliphatic carbocycles. The van der Waals surface area contributed by atoms with Crippen LogP contribution in [0.5, 0.6) is 5.75 Å². The molecular formula is C20H25NO2S. The van der Waals surface area contributed by atoms with Crippen LogP contribution in [-0.4, -0.2) is 17.8 Å². The summed E-state index contributed by atoms with van der Waals surface area (Å²) in [6, 6.07) is 16.3. The van der Waals surface area contributed by atoms with Crippen LogP contribution in [0.2, 0.25) is 0 Å². The first-order valence-corrected chi connectivity index (χ1v) is 9.34. The molecule has 0 spiro atoms. The number of hydrogen-bond donors (Lipinski definition) is 1. The van der Waals surface area contributed by atoms with Crippen LogP contribution >= 0.6 is 11.8 Å². The maximum absolute atomic E-state index is 12.0. The lowest BCUT2D eigenvalue weighted by Gasteiger charge is -2.11. The van der Waals surface area contributed by atoms with Gasteiger partial charge < -0.3 is 10.1 Å². The van der Waals surface area contributed by atoms with Crippen molar-refractivity contribution < 1.29 is 9.53 Å². The van der Waals surface area contributed by atoms with Gasteiger partial charge in [-0.2, -0.15) is 0 Å². The molecule has 128 valence electrons. The summed E-state index contributed by atoms with van der Waals surface area (Å²) in [5.74, 6) is 2.22. The summed E-state index contributed by atoms with van der Waals surface area (Å²) < 4.78 is 5.67. The molecule has 2 rings (SSSR count). The summed E-state index contributed by atoms with van der Waals surface area (Å²) in [6.07, 6.45) is 0.146. The lowest BCUT2D eigenvalue weighted by atomic mass is 10.2. The van der Waals surface area contributed by atoms with Gasteiger partial charge in [0.2, 0.25) is 5.91 Å². The summed E-state index contributed by atoms with van der Waals surface area (Å²) >= 11 is 1.63. The minimum absolute atomic E-state index is 0.0577. The quantitative estimate of drug-likeness (QED) is 0.775. The maximum Gasteiger partial charge on any atom is 0.230 e. The van der Waals surface area contributed by atoms with Gasteiger partial charge in [0.15, 0.2) is 0 Å². The Bertz CT molecular complexity index is 653. The Labute approximate surface area is 148 Å². The Hall–Kier alpha value is -1.94. The zero-order chi connectivity index (χ0) is 17.4. The van der Waals surface area contributed by atoms with Crippen molar-refractivity contribution in [3.63, 3.8) is 0 Å². The van der Waals surface area contributed by atoms with Crippen molar-refractivity contribution in [2.75, 3.05) is 5.75 Å². The largest absolute Gasteiger partial charge is 0.491 e.